The van der Waals surface area contributed by atoms with Gasteiger partial charge in [0.2, 0.25) is 5.91 Å². The van der Waals surface area contributed by atoms with Crippen molar-refractivity contribution >= 4 is 5.91 Å². The molecule has 1 amide bonds. The molecular weight excluding hydrogens is 212 g/mol. The Bertz CT molecular complexity index is 438. The molecule has 0 radical (unpaired) electrons. The number of carbonyl (C=O) groups is 1. The van der Waals surface area contributed by atoms with Crippen LogP contribution < -0.4 is 11.1 Å². The minimum Gasteiger partial charge on any atom is -0.348 e. The van der Waals surface area contributed by atoms with Crippen molar-refractivity contribution in [3.05, 3.63) is 35.4 Å². The molecule has 1 aromatic carbocycles. The molecule has 3 heteroatoms. The summed E-state index contributed by atoms with van der Waals surface area (Å²) in [5.41, 5.74) is 8.26. The van der Waals surface area contributed by atoms with Crippen LogP contribution in [0.4, 0.5) is 0 Å². The van der Waals surface area contributed by atoms with Crippen molar-refractivity contribution in [1.29, 1.82) is 0 Å². The number of nitrogens with two attached hydrogens (primary N) is 1. The Morgan fingerprint density at radius 3 is 2.76 bits per heavy atom. The summed E-state index contributed by atoms with van der Waals surface area (Å²) in [7, 11) is 0. The SMILES string of the molecule is CC(N)C(=O)NC1CC(C)(C)c2ccccc21. The summed E-state index contributed by atoms with van der Waals surface area (Å²) >= 11 is 0. The first kappa shape index (κ1) is 12.1. The zero-order valence-corrected chi connectivity index (χ0v) is 10.7. The lowest BCUT2D eigenvalue weighted by molar-refractivity contribution is -0.122. The summed E-state index contributed by atoms with van der Waals surface area (Å²) in [5, 5.41) is 3.03. The summed E-state index contributed by atoms with van der Waals surface area (Å²) < 4.78 is 0. The largest absolute Gasteiger partial charge is 0.348 e. The summed E-state index contributed by atoms with van der Waals surface area (Å²) in [4.78, 5) is 11.7. The fourth-order valence-electron chi connectivity index (χ4n) is 2.58. The highest BCUT2D eigenvalue weighted by atomic mass is 16.2. The molecule has 2 atom stereocenters. The fourth-order valence-corrected chi connectivity index (χ4v) is 2.58. The molecule has 2 unspecified atom stereocenters. The van der Waals surface area contributed by atoms with E-state index in [-0.39, 0.29) is 17.4 Å². The van der Waals surface area contributed by atoms with Crippen LogP contribution in [-0.2, 0) is 10.2 Å². The van der Waals surface area contributed by atoms with E-state index in [2.05, 4.69) is 37.4 Å². The van der Waals surface area contributed by atoms with Crippen LogP contribution in [0.5, 0.6) is 0 Å². The Morgan fingerprint density at radius 1 is 1.47 bits per heavy atom. The molecule has 0 spiro atoms. The van der Waals surface area contributed by atoms with Gasteiger partial charge in [0.1, 0.15) is 0 Å². The number of hydrogen-bond acceptors (Lipinski definition) is 2. The quantitative estimate of drug-likeness (QED) is 0.818. The summed E-state index contributed by atoms with van der Waals surface area (Å²) in [6.07, 6.45) is 0.935. The van der Waals surface area contributed by atoms with Crippen LogP contribution in [0, 0.1) is 0 Å². The van der Waals surface area contributed by atoms with E-state index in [0.717, 1.165) is 6.42 Å². The lowest BCUT2D eigenvalue weighted by Gasteiger charge is -2.20. The van der Waals surface area contributed by atoms with Gasteiger partial charge >= 0.3 is 0 Å². The minimum atomic E-state index is -0.453. The van der Waals surface area contributed by atoms with Crippen molar-refractivity contribution in [1.82, 2.24) is 5.32 Å². The number of nitrogens with one attached hydrogen (secondary N) is 1. The summed E-state index contributed by atoms with van der Waals surface area (Å²) in [5.74, 6) is -0.0810. The predicted octanol–water partition coefficient (Wildman–Crippen LogP) is 1.87. The maximum absolute atomic E-state index is 11.7. The van der Waals surface area contributed by atoms with Crippen LogP contribution in [0.3, 0.4) is 0 Å². The fraction of sp³-hybridized carbons (Fsp3) is 0.500. The molecule has 17 heavy (non-hydrogen) atoms. The van der Waals surface area contributed by atoms with Gasteiger partial charge in [-0.05, 0) is 29.9 Å². The standard InChI is InChI=1S/C14H20N2O/c1-9(15)13(17)16-12-8-14(2,3)11-7-5-4-6-10(11)12/h4-7,9,12H,8,15H2,1-3H3,(H,16,17). The van der Waals surface area contributed by atoms with E-state index in [9.17, 15) is 4.79 Å². The highest BCUT2D eigenvalue weighted by Gasteiger charge is 2.37. The highest BCUT2D eigenvalue weighted by Crippen LogP contribution is 2.44. The van der Waals surface area contributed by atoms with Gasteiger partial charge in [-0.15, -0.1) is 0 Å². The van der Waals surface area contributed by atoms with Gasteiger partial charge in [-0.3, -0.25) is 4.79 Å². The van der Waals surface area contributed by atoms with E-state index in [1.54, 1.807) is 6.92 Å². The number of benzene rings is 1. The maximum Gasteiger partial charge on any atom is 0.237 e. The monoisotopic (exact) mass is 232 g/mol. The van der Waals surface area contributed by atoms with Gasteiger partial charge in [0.25, 0.3) is 0 Å². The third kappa shape index (κ3) is 2.20. The lowest BCUT2D eigenvalue weighted by Crippen LogP contribution is -2.40. The van der Waals surface area contributed by atoms with Crippen LogP contribution in [-0.4, -0.2) is 11.9 Å². The molecule has 0 saturated carbocycles. The molecular formula is C14H20N2O. The first-order chi connectivity index (χ1) is 7.92. The highest BCUT2D eigenvalue weighted by molar-refractivity contribution is 5.81. The van der Waals surface area contributed by atoms with Gasteiger partial charge in [-0.1, -0.05) is 38.1 Å². The van der Waals surface area contributed by atoms with Crippen LogP contribution in [0.2, 0.25) is 0 Å². The number of amides is 1. The van der Waals surface area contributed by atoms with Gasteiger partial charge in [0, 0.05) is 0 Å². The second-order valence-electron chi connectivity index (χ2n) is 5.53. The van der Waals surface area contributed by atoms with E-state index >= 15 is 0 Å². The summed E-state index contributed by atoms with van der Waals surface area (Å²) in [6, 6.07) is 7.95. The number of carbonyl (C=O) groups excluding carboxylic acids is 1. The first-order valence-electron chi connectivity index (χ1n) is 6.07. The van der Waals surface area contributed by atoms with Crippen molar-refractivity contribution in [3.8, 4) is 0 Å². The Morgan fingerprint density at radius 2 is 2.12 bits per heavy atom. The Labute approximate surface area is 102 Å². The van der Waals surface area contributed by atoms with Gasteiger partial charge in [0.15, 0.2) is 0 Å². The van der Waals surface area contributed by atoms with Crippen molar-refractivity contribution in [3.63, 3.8) is 0 Å². The first-order valence-corrected chi connectivity index (χ1v) is 6.07. The zero-order chi connectivity index (χ0) is 12.6. The van der Waals surface area contributed by atoms with E-state index in [1.165, 1.54) is 11.1 Å². The molecule has 2 rings (SSSR count). The molecule has 3 N–H and O–H groups in total. The average Bonchev–Trinajstić information content (AvgIpc) is 2.51. The van der Waals surface area contributed by atoms with Gasteiger partial charge < -0.3 is 11.1 Å². The van der Waals surface area contributed by atoms with Gasteiger partial charge in [0.05, 0.1) is 12.1 Å². The molecule has 1 aliphatic rings. The molecule has 1 aliphatic carbocycles. The molecule has 3 nitrogen and oxygen atoms in total. The third-order valence-electron chi connectivity index (χ3n) is 3.51. The van der Waals surface area contributed by atoms with Crippen molar-refractivity contribution < 1.29 is 4.79 Å². The van der Waals surface area contributed by atoms with Gasteiger partial charge in [-0.2, -0.15) is 0 Å². The normalized spacial score (nSPS) is 22.9. The second-order valence-corrected chi connectivity index (χ2v) is 5.53. The topological polar surface area (TPSA) is 55.1 Å². The number of hydrogen-bond donors (Lipinski definition) is 2. The Balaban J connectivity index is 2.26. The average molecular weight is 232 g/mol. The van der Waals surface area contributed by atoms with Crippen molar-refractivity contribution in [2.24, 2.45) is 5.73 Å². The Kier molecular flexibility index (Phi) is 2.96. The summed E-state index contributed by atoms with van der Waals surface area (Å²) in [6.45, 7) is 6.13. The van der Waals surface area contributed by atoms with Crippen LogP contribution >= 0.6 is 0 Å². The number of fused-ring (bicyclic) bond motifs is 1. The Hall–Kier alpha value is -1.35. The number of rotatable bonds is 2. The zero-order valence-electron chi connectivity index (χ0n) is 10.7. The lowest BCUT2D eigenvalue weighted by atomic mass is 9.86. The molecule has 0 bridgehead atoms. The van der Waals surface area contributed by atoms with E-state index in [4.69, 9.17) is 5.73 Å². The molecule has 0 fully saturated rings. The molecule has 0 saturated heterocycles. The molecule has 0 aliphatic heterocycles. The van der Waals surface area contributed by atoms with Crippen LogP contribution in [0.15, 0.2) is 24.3 Å². The van der Waals surface area contributed by atoms with Gasteiger partial charge in [-0.25, -0.2) is 0 Å². The maximum atomic E-state index is 11.7. The minimum absolute atomic E-state index is 0.0810. The van der Waals surface area contributed by atoms with Crippen molar-refractivity contribution in [2.75, 3.05) is 0 Å². The van der Waals surface area contributed by atoms with Crippen LogP contribution in [0.1, 0.15) is 44.4 Å². The molecule has 0 aromatic heterocycles. The van der Waals surface area contributed by atoms with E-state index in [1.807, 2.05) is 6.07 Å². The van der Waals surface area contributed by atoms with E-state index < -0.39 is 6.04 Å². The molecule has 92 valence electrons. The third-order valence-corrected chi connectivity index (χ3v) is 3.51. The second kappa shape index (κ2) is 4.15. The smallest absolute Gasteiger partial charge is 0.237 e. The van der Waals surface area contributed by atoms with Crippen LogP contribution in [0.25, 0.3) is 0 Å². The predicted molar refractivity (Wildman–Crippen MR) is 68.6 cm³/mol. The molecule has 0 heterocycles. The van der Waals surface area contributed by atoms with E-state index in [0.29, 0.717) is 0 Å². The molecule has 1 aromatic rings. The van der Waals surface area contributed by atoms with Crippen molar-refractivity contribution in [2.45, 2.75) is 44.7 Å².